The zero-order valence-corrected chi connectivity index (χ0v) is 10.8. The smallest absolute Gasteiger partial charge is 0.239 e. The Morgan fingerprint density at radius 3 is 2.80 bits per heavy atom. The summed E-state index contributed by atoms with van der Waals surface area (Å²) in [7, 11) is 0. The van der Waals surface area contributed by atoms with Crippen LogP contribution < -0.4 is 5.32 Å². The third-order valence-corrected chi connectivity index (χ3v) is 3.09. The maximum absolute atomic E-state index is 11.5. The first-order valence-electron chi connectivity index (χ1n) is 5.04. The van der Waals surface area contributed by atoms with Crippen molar-refractivity contribution in [3.8, 4) is 0 Å². The molecule has 1 atom stereocenters. The van der Waals surface area contributed by atoms with Crippen LogP contribution in [0.5, 0.6) is 0 Å². The van der Waals surface area contributed by atoms with Crippen molar-refractivity contribution in [2.75, 3.05) is 5.32 Å². The van der Waals surface area contributed by atoms with Gasteiger partial charge in [0.1, 0.15) is 0 Å². The van der Waals surface area contributed by atoms with Gasteiger partial charge >= 0.3 is 0 Å². The van der Waals surface area contributed by atoms with E-state index in [0.717, 1.165) is 6.42 Å². The Balaban J connectivity index is 2.61. The first kappa shape index (κ1) is 12.2. The van der Waals surface area contributed by atoms with Crippen molar-refractivity contribution in [3.63, 3.8) is 0 Å². The summed E-state index contributed by atoms with van der Waals surface area (Å²) in [6, 6.07) is 2.11. The second-order valence-electron chi connectivity index (χ2n) is 3.64. The molecule has 15 heavy (non-hydrogen) atoms. The van der Waals surface area contributed by atoms with Crippen LogP contribution in [-0.4, -0.2) is 20.5 Å². The molecule has 84 valence electrons. The van der Waals surface area contributed by atoms with Gasteiger partial charge in [-0.05, 0) is 20.3 Å². The summed E-state index contributed by atoms with van der Waals surface area (Å²) in [5.74, 6) is 0.554. The Morgan fingerprint density at radius 2 is 2.33 bits per heavy atom. The molecule has 0 radical (unpaired) electrons. The highest BCUT2D eigenvalue weighted by Gasteiger charge is 2.13. The van der Waals surface area contributed by atoms with E-state index in [1.165, 1.54) is 0 Å². The monoisotopic (exact) mass is 273 g/mol. The van der Waals surface area contributed by atoms with Gasteiger partial charge in [-0.3, -0.25) is 9.48 Å². The molecule has 1 aromatic rings. The van der Waals surface area contributed by atoms with Gasteiger partial charge in [-0.15, -0.1) is 0 Å². The number of anilines is 1. The lowest BCUT2D eigenvalue weighted by atomic mass is 10.3. The number of carbonyl (C=O) groups is 1. The molecule has 1 heterocycles. The molecule has 5 heteroatoms. The summed E-state index contributed by atoms with van der Waals surface area (Å²) in [6.07, 6.45) is 2.62. The average Bonchev–Trinajstić information content (AvgIpc) is 2.65. The van der Waals surface area contributed by atoms with Crippen LogP contribution in [0.25, 0.3) is 0 Å². The quantitative estimate of drug-likeness (QED) is 0.858. The molecule has 0 aliphatic heterocycles. The molecule has 0 bridgehead atoms. The Labute approximate surface area is 98.2 Å². The summed E-state index contributed by atoms with van der Waals surface area (Å²) in [5, 5.41) is 6.98. The number of hydrogen-bond donors (Lipinski definition) is 1. The lowest BCUT2D eigenvalue weighted by Gasteiger charge is -2.06. The molecule has 4 nitrogen and oxygen atoms in total. The van der Waals surface area contributed by atoms with Gasteiger partial charge in [-0.1, -0.05) is 22.9 Å². The van der Waals surface area contributed by atoms with Gasteiger partial charge in [-0.25, -0.2) is 0 Å². The van der Waals surface area contributed by atoms with E-state index in [0.29, 0.717) is 11.9 Å². The summed E-state index contributed by atoms with van der Waals surface area (Å²) in [4.78, 5) is 11.4. The SMILES string of the molecule is CCC(Br)C(=O)Nc1ccn(C(C)C)n1. The van der Waals surface area contributed by atoms with Gasteiger partial charge in [0.15, 0.2) is 5.82 Å². The summed E-state index contributed by atoms with van der Waals surface area (Å²) in [6.45, 7) is 6.03. The fourth-order valence-electron chi connectivity index (χ4n) is 1.08. The lowest BCUT2D eigenvalue weighted by Crippen LogP contribution is -2.22. The molecular weight excluding hydrogens is 258 g/mol. The molecular formula is C10H16BrN3O. The fraction of sp³-hybridized carbons (Fsp3) is 0.600. The number of amides is 1. The number of nitrogens with one attached hydrogen (secondary N) is 1. The van der Waals surface area contributed by atoms with Gasteiger partial charge < -0.3 is 5.32 Å². The predicted molar refractivity (Wildman–Crippen MR) is 64.2 cm³/mol. The van der Waals surface area contributed by atoms with Crippen LogP contribution in [0.3, 0.4) is 0 Å². The Bertz CT molecular complexity index is 335. The molecule has 0 aliphatic rings. The van der Waals surface area contributed by atoms with E-state index in [4.69, 9.17) is 0 Å². The molecule has 1 unspecified atom stereocenters. The van der Waals surface area contributed by atoms with Crippen LogP contribution in [0.15, 0.2) is 12.3 Å². The number of carbonyl (C=O) groups excluding carboxylic acids is 1. The van der Waals surface area contributed by atoms with Crippen LogP contribution in [0.4, 0.5) is 5.82 Å². The minimum atomic E-state index is -0.151. The Hall–Kier alpha value is -0.840. The predicted octanol–water partition coefficient (Wildman–Crippen LogP) is 2.58. The molecule has 0 saturated heterocycles. The summed E-state index contributed by atoms with van der Waals surface area (Å²) >= 11 is 3.29. The fourth-order valence-corrected chi connectivity index (χ4v) is 1.20. The van der Waals surface area contributed by atoms with Crippen molar-refractivity contribution < 1.29 is 4.79 Å². The first-order chi connectivity index (χ1) is 7.04. The van der Waals surface area contributed by atoms with Crippen LogP contribution in [0, 0.1) is 0 Å². The lowest BCUT2D eigenvalue weighted by molar-refractivity contribution is -0.115. The molecule has 1 rings (SSSR count). The standard InChI is InChI=1S/C10H16BrN3O/c1-4-8(11)10(15)12-9-5-6-14(13-9)7(2)3/h5-8H,4H2,1-3H3,(H,12,13,15). The maximum atomic E-state index is 11.5. The van der Waals surface area contributed by atoms with Gasteiger partial charge in [0.2, 0.25) is 5.91 Å². The highest BCUT2D eigenvalue weighted by Crippen LogP contribution is 2.11. The van der Waals surface area contributed by atoms with Crippen molar-refractivity contribution in [3.05, 3.63) is 12.3 Å². The first-order valence-corrected chi connectivity index (χ1v) is 5.96. The van der Waals surface area contributed by atoms with Crippen LogP contribution >= 0.6 is 15.9 Å². The van der Waals surface area contributed by atoms with E-state index in [1.807, 2.05) is 31.6 Å². The highest BCUT2D eigenvalue weighted by atomic mass is 79.9. The largest absolute Gasteiger partial charge is 0.308 e. The second kappa shape index (κ2) is 5.30. The van der Waals surface area contributed by atoms with Crippen molar-refractivity contribution in [1.82, 2.24) is 9.78 Å². The summed E-state index contributed by atoms with van der Waals surface area (Å²) < 4.78 is 1.81. The molecule has 0 saturated carbocycles. The second-order valence-corrected chi connectivity index (χ2v) is 4.75. The number of aromatic nitrogens is 2. The van der Waals surface area contributed by atoms with E-state index in [2.05, 4.69) is 26.3 Å². The molecule has 1 amide bonds. The Kier molecular flexibility index (Phi) is 4.32. The number of alkyl halides is 1. The van der Waals surface area contributed by atoms with Crippen LogP contribution in [0.2, 0.25) is 0 Å². The van der Waals surface area contributed by atoms with E-state index in [9.17, 15) is 4.79 Å². The van der Waals surface area contributed by atoms with E-state index < -0.39 is 0 Å². The zero-order valence-electron chi connectivity index (χ0n) is 9.20. The van der Waals surface area contributed by atoms with Gasteiger partial charge in [0.05, 0.1) is 4.83 Å². The number of rotatable bonds is 4. The van der Waals surface area contributed by atoms with Crippen LogP contribution in [0.1, 0.15) is 33.2 Å². The van der Waals surface area contributed by atoms with Crippen LogP contribution in [-0.2, 0) is 4.79 Å². The molecule has 0 aliphatic carbocycles. The molecule has 0 fully saturated rings. The van der Waals surface area contributed by atoms with Gasteiger partial charge in [-0.2, -0.15) is 5.10 Å². The number of nitrogens with zero attached hydrogens (tertiary/aromatic N) is 2. The minimum absolute atomic E-state index is 0.0495. The number of halogens is 1. The number of hydrogen-bond acceptors (Lipinski definition) is 2. The molecule has 0 aromatic carbocycles. The van der Waals surface area contributed by atoms with E-state index in [-0.39, 0.29) is 10.7 Å². The molecule has 0 spiro atoms. The van der Waals surface area contributed by atoms with Crippen molar-refractivity contribution in [1.29, 1.82) is 0 Å². The third-order valence-electron chi connectivity index (χ3n) is 2.03. The molecule has 1 aromatic heterocycles. The third kappa shape index (κ3) is 3.34. The Morgan fingerprint density at radius 1 is 1.67 bits per heavy atom. The molecule has 1 N–H and O–H groups in total. The van der Waals surface area contributed by atoms with Gasteiger partial charge in [0.25, 0.3) is 0 Å². The van der Waals surface area contributed by atoms with Crippen molar-refractivity contribution in [2.45, 2.75) is 38.1 Å². The van der Waals surface area contributed by atoms with Crippen molar-refractivity contribution >= 4 is 27.7 Å². The average molecular weight is 274 g/mol. The van der Waals surface area contributed by atoms with E-state index in [1.54, 1.807) is 6.07 Å². The topological polar surface area (TPSA) is 46.9 Å². The van der Waals surface area contributed by atoms with Gasteiger partial charge in [0, 0.05) is 18.3 Å². The summed E-state index contributed by atoms with van der Waals surface area (Å²) in [5.41, 5.74) is 0. The normalized spacial score (nSPS) is 12.9. The van der Waals surface area contributed by atoms with E-state index >= 15 is 0 Å². The maximum Gasteiger partial charge on any atom is 0.239 e. The zero-order chi connectivity index (χ0) is 11.4. The van der Waals surface area contributed by atoms with Crippen molar-refractivity contribution in [2.24, 2.45) is 0 Å². The minimum Gasteiger partial charge on any atom is -0.308 e. The highest BCUT2D eigenvalue weighted by molar-refractivity contribution is 9.10.